The average molecular weight is 368 g/mol. The minimum absolute atomic E-state index is 0.0538. The Hall–Kier alpha value is -1.03. The third-order valence-electron chi connectivity index (χ3n) is 3.76. The van der Waals surface area contributed by atoms with Crippen LogP contribution >= 0.6 is 27.5 Å². The van der Waals surface area contributed by atoms with Gasteiger partial charge in [-0.25, -0.2) is 0 Å². The Labute approximate surface area is 140 Å². The number of hydrogen-bond acceptors (Lipinski definition) is 2. The van der Waals surface area contributed by atoms with Crippen LogP contribution in [0.5, 0.6) is 0 Å². The van der Waals surface area contributed by atoms with Crippen LogP contribution < -0.4 is 10.6 Å². The Morgan fingerprint density at radius 2 is 1.86 bits per heavy atom. The summed E-state index contributed by atoms with van der Waals surface area (Å²) in [6, 6.07) is 14.6. The summed E-state index contributed by atoms with van der Waals surface area (Å²) < 4.78 is 0.974. The Kier molecular flexibility index (Phi) is 5.68. The minimum Gasteiger partial charge on any atom is -0.366 e. The van der Waals surface area contributed by atoms with E-state index < -0.39 is 0 Å². The van der Waals surface area contributed by atoms with E-state index in [1.165, 1.54) is 5.56 Å². The molecule has 21 heavy (non-hydrogen) atoms. The lowest BCUT2D eigenvalue weighted by Gasteiger charge is -2.30. The number of likely N-dealkylation sites (N-methyl/N-ethyl adjacent to an activating group) is 1. The van der Waals surface area contributed by atoms with Gasteiger partial charge in [-0.1, -0.05) is 52.7 Å². The lowest BCUT2D eigenvalue weighted by atomic mass is 10.0. The van der Waals surface area contributed by atoms with Gasteiger partial charge in [0.1, 0.15) is 0 Å². The number of rotatable bonds is 5. The minimum atomic E-state index is 0.0538. The molecule has 2 N–H and O–H groups in total. The van der Waals surface area contributed by atoms with E-state index in [-0.39, 0.29) is 6.04 Å². The van der Waals surface area contributed by atoms with Crippen molar-refractivity contribution in [2.45, 2.75) is 19.4 Å². The number of benzene rings is 2. The first kappa shape index (κ1) is 16.3. The molecule has 0 aromatic heterocycles. The SMILES string of the molecule is CCc1ccc(N(C)C(CN)c2ccc(Br)cc2Cl)cc1. The molecule has 0 bridgehead atoms. The highest BCUT2D eigenvalue weighted by molar-refractivity contribution is 9.10. The van der Waals surface area contributed by atoms with E-state index in [4.69, 9.17) is 17.3 Å². The van der Waals surface area contributed by atoms with Crippen LogP contribution in [0.4, 0.5) is 5.69 Å². The molecule has 0 saturated heterocycles. The van der Waals surface area contributed by atoms with E-state index in [9.17, 15) is 0 Å². The Morgan fingerprint density at radius 3 is 2.38 bits per heavy atom. The van der Waals surface area contributed by atoms with Gasteiger partial charge >= 0.3 is 0 Å². The van der Waals surface area contributed by atoms with Crippen molar-refractivity contribution >= 4 is 33.2 Å². The molecular formula is C17H20BrClN2. The highest BCUT2D eigenvalue weighted by Gasteiger charge is 2.18. The Morgan fingerprint density at radius 1 is 1.19 bits per heavy atom. The first-order chi connectivity index (χ1) is 10.1. The van der Waals surface area contributed by atoms with Crippen LogP contribution in [0.3, 0.4) is 0 Å². The maximum Gasteiger partial charge on any atom is 0.0676 e. The van der Waals surface area contributed by atoms with Gasteiger partial charge in [0.2, 0.25) is 0 Å². The lowest BCUT2D eigenvalue weighted by molar-refractivity contribution is 0.681. The summed E-state index contributed by atoms with van der Waals surface area (Å²) in [5, 5.41) is 0.733. The molecule has 0 saturated carbocycles. The number of aryl methyl sites for hydroxylation is 1. The number of hydrogen-bond donors (Lipinski definition) is 1. The van der Waals surface area contributed by atoms with Crippen LogP contribution in [-0.4, -0.2) is 13.6 Å². The van der Waals surface area contributed by atoms with Crippen LogP contribution in [0.1, 0.15) is 24.1 Å². The zero-order valence-electron chi connectivity index (χ0n) is 12.3. The van der Waals surface area contributed by atoms with Crippen LogP contribution in [0.15, 0.2) is 46.9 Å². The summed E-state index contributed by atoms with van der Waals surface area (Å²) in [5.41, 5.74) is 9.51. The van der Waals surface area contributed by atoms with Gasteiger partial charge in [-0.3, -0.25) is 0 Å². The number of halogens is 2. The van der Waals surface area contributed by atoms with Crippen molar-refractivity contribution in [3.63, 3.8) is 0 Å². The molecule has 0 radical (unpaired) electrons. The maximum absolute atomic E-state index is 6.37. The summed E-state index contributed by atoms with van der Waals surface area (Å²) in [6.07, 6.45) is 1.04. The summed E-state index contributed by atoms with van der Waals surface area (Å²) >= 11 is 9.81. The molecule has 0 aliphatic heterocycles. The first-order valence-corrected chi connectivity index (χ1v) is 8.20. The third kappa shape index (κ3) is 3.79. The second kappa shape index (κ2) is 7.30. The van der Waals surface area contributed by atoms with Crippen LogP contribution in [0.25, 0.3) is 0 Å². The highest BCUT2D eigenvalue weighted by atomic mass is 79.9. The quantitative estimate of drug-likeness (QED) is 0.822. The smallest absolute Gasteiger partial charge is 0.0676 e. The van der Waals surface area contributed by atoms with Gasteiger partial charge in [-0.05, 0) is 41.8 Å². The fourth-order valence-electron chi connectivity index (χ4n) is 2.41. The van der Waals surface area contributed by atoms with E-state index in [0.717, 1.165) is 27.2 Å². The molecule has 0 fully saturated rings. The molecule has 4 heteroatoms. The van der Waals surface area contributed by atoms with Crippen LogP contribution in [0.2, 0.25) is 5.02 Å². The molecular weight excluding hydrogens is 348 g/mol. The fourth-order valence-corrected chi connectivity index (χ4v) is 3.21. The first-order valence-electron chi connectivity index (χ1n) is 7.03. The van der Waals surface area contributed by atoms with Gasteiger partial charge in [0, 0.05) is 28.8 Å². The maximum atomic E-state index is 6.37. The molecule has 1 atom stereocenters. The number of nitrogens with zero attached hydrogens (tertiary/aromatic N) is 1. The van der Waals surface area contributed by atoms with Crippen LogP contribution in [0, 0.1) is 0 Å². The predicted octanol–water partition coefficient (Wildman–Crippen LogP) is 4.80. The molecule has 112 valence electrons. The predicted molar refractivity (Wildman–Crippen MR) is 95.2 cm³/mol. The number of anilines is 1. The van der Waals surface area contributed by atoms with Crippen molar-refractivity contribution < 1.29 is 0 Å². The summed E-state index contributed by atoms with van der Waals surface area (Å²) in [5.74, 6) is 0. The molecule has 2 aromatic rings. The van der Waals surface area contributed by atoms with Gasteiger partial charge in [0.25, 0.3) is 0 Å². The largest absolute Gasteiger partial charge is 0.366 e. The molecule has 0 aliphatic rings. The normalized spacial score (nSPS) is 12.2. The van der Waals surface area contributed by atoms with Crippen molar-refractivity contribution in [1.82, 2.24) is 0 Å². The van der Waals surface area contributed by atoms with E-state index in [1.54, 1.807) is 0 Å². The molecule has 1 unspecified atom stereocenters. The molecule has 2 nitrogen and oxygen atoms in total. The van der Waals surface area contributed by atoms with Crippen molar-refractivity contribution in [2.24, 2.45) is 5.73 Å². The second-order valence-corrected chi connectivity index (χ2v) is 6.37. The topological polar surface area (TPSA) is 29.3 Å². The van der Waals surface area contributed by atoms with Gasteiger partial charge in [-0.2, -0.15) is 0 Å². The van der Waals surface area contributed by atoms with E-state index in [0.29, 0.717) is 6.54 Å². The van der Waals surface area contributed by atoms with E-state index in [2.05, 4.69) is 59.1 Å². The van der Waals surface area contributed by atoms with Gasteiger partial charge < -0.3 is 10.6 Å². The van der Waals surface area contributed by atoms with E-state index >= 15 is 0 Å². The molecule has 2 aromatic carbocycles. The summed E-state index contributed by atoms with van der Waals surface area (Å²) in [7, 11) is 2.05. The van der Waals surface area contributed by atoms with Crippen molar-refractivity contribution in [1.29, 1.82) is 0 Å². The molecule has 0 spiro atoms. The van der Waals surface area contributed by atoms with Gasteiger partial charge in [-0.15, -0.1) is 0 Å². The molecule has 0 amide bonds. The standard InChI is InChI=1S/C17H20BrClN2/c1-3-12-4-7-14(8-5-12)21(2)17(11-20)15-9-6-13(18)10-16(15)19/h4-10,17H,3,11,20H2,1-2H3. The zero-order valence-corrected chi connectivity index (χ0v) is 14.7. The van der Waals surface area contributed by atoms with Crippen molar-refractivity contribution in [3.8, 4) is 0 Å². The van der Waals surface area contributed by atoms with Crippen molar-refractivity contribution in [2.75, 3.05) is 18.5 Å². The number of nitrogens with two attached hydrogens (primary N) is 1. The Balaban J connectivity index is 2.30. The average Bonchev–Trinajstić information content (AvgIpc) is 2.50. The monoisotopic (exact) mass is 366 g/mol. The summed E-state index contributed by atoms with van der Waals surface area (Å²) in [4.78, 5) is 2.18. The molecule has 0 heterocycles. The fraction of sp³-hybridized carbons (Fsp3) is 0.294. The zero-order chi connectivity index (χ0) is 15.4. The summed E-state index contributed by atoms with van der Waals surface area (Å²) in [6.45, 7) is 2.66. The lowest BCUT2D eigenvalue weighted by Crippen LogP contribution is -2.30. The molecule has 0 aliphatic carbocycles. The van der Waals surface area contributed by atoms with Crippen molar-refractivity contribution in [3.05, 3.63) is 63.1 Å². The van der Waals surface area contributed by atoms with Crippen LogP contribution in [-0.2, 0) is 6.42 Å². The Bertz CT molecular complexity index is 598. The van der Waals surface area contributed by atoms with Gasteiger partial charge in [0.05, 0.1) is 6.04 Å². The van der Waals surface area contributed by atoms with E-state index in [1.807, 2.05) is 18.2 Å². The second-order valence-electron chi connectivity index (χ2n) is 5.05. The molecule has 2 rings (SSSR count). The third-order valence-corrected chi connectivity index (χ3v) is 4.58. The highest BCUT2D eigenvalue weighted by Crippen LogP contribution is 2.31. The van der Waals surface area contributed by atoms with Gasteiger partial charge in [0.15, 0.2) is 0 Å².